The fourth-order valence-electron chi connectivity index (χ4n) is 1.84. The van der Waals surface area contributed by atoms with Gasteiger partial charge in [-0.25, -0.2) is 4.98 Å². The van der Waals surface area contributed by atoms with Gasteiger partial charge in [0.1, 0.15) is 5.82 Å². The van der Waals surface area contributed by atoms with Crippen molar-refractivity contribution in [1.82, 2.24) is 9.97 Å². The molecule has 1 atom stereocenters. The molecule has 0 saturated heterocycles. The maximum Gasteiger partial charge on any atom is 0.110 e. The Hall–Kier alpha value is -0.650. The summed E-state index contributed by atoms with van der Waals surface area (Å²) in [6.07, 6.45) is 4.10. The second-order valence-corrected chi connectivity index (χ2v) is 6.47. The minimum absolute atomic E-state index is 0.345. The summed E-state index contributed by atoms with van der Waals surface area (Å²) in [5, 5.41) is 0. The Kier molecular flexibility index (Phi) is 4.36. The molecule has 0 saturated carbocycles. The molecule has 0 spiro atoms. The molecule has 0 radical (unpaired) electrons. The van der Waals surface area contributed by atoms with Gasteiger partial charge in [0, 0.05) is 12.5 Å². The van der Waals surface area contributed by atoms with Crippen LogP contribution < -0.4 is 5.73 Å². The van der Waals surface area contributed by atoms with Crippen LogP contribution in [0.5, 0.6) is 0 Å². The van der Waals surface area contributed by atoms with Crippen LogP contribution >= 0.6 is 27.3 Å². The average molecular weight is 314 g/mol. The summed E-state index contributed by atoms with van der Waals surface area (Å²) in [5.41, 5.74) is 6.85. The first-order chi connectivity index (χ1) is 8.24. The minimum atomic E-state index is 0.345. The third kappa shape index (κ3) is 2.97. The van der Waals surface area contributed by atoms with Gasteiger partial charge in [0.25, 0.3) is 0 Å². The van der Waals surface area contributed by atoms with E-state index < -0.39 is 0 Å². The second-order valence-electron chi connectivity index (χ2n) is 4.01. The molecule has 0 bridgehead atoms. The molecule has 1 unspecified atom stereocenters. The van der Waals surface area contributed by atoms with Crippen LogP contribution in [0.25, 0.3) is 10.6 Å². The van der Waals surface area contributed by atoms with E-state index in [0.717, 1.165) is 28.1 Å². The third-order valence-electron chi connectivity index (χ3n) is 2.74. The second kappa shape index (κ2) is 5.80. The molecular weight excluding hydrogens is 298 g/mol. The normalized spacial score (nSPS) is 12.9. The quantitative estimate of drug-likeness (QED) is 0.883. The van der Waals surface area contributed by atoms with E-state index in [1.807, 2.05) is 12.3 Å². The van der Waals surface area contributed by atoms with E-state index in [2.05, 4.69) is 38.9 Å². The van der Waals surface area contributed by atoms with Crippen molar-refractivity contribution >= 4 is 27.3 Å². The van der Waals surface area contributed by atoms with Gasteiger partial charge in [-0.05, 0) is 34.5 Å². The van der Waals surface area contributed by atoms with Crippen LogP contribution in [0.1, 0.15) is 31.5 Å². The lowest BCUT2D eigenvalue weighted by atomic mass is 10.0. The van der Waals surface area contributed by atoms with E-state index in [-0.39, 0.29) is 0 Å². The third-order valence-corrected chi connectivity index (χ3v) is 4.40. The Morgan fingerprint density at radius 2 is 2.35 bits per heavy atom. The maximum absolute atomic E-state index is 5.78. The number of imidazole rings is 1. The summed E-state index contributed by atoms with van der Waals surface area (Å²) in [6, 6.07) is 4.14. The predicted octanol–water partition coefficient (Wildman–Crippen LogP) is 3.74. The van der Waals surface area contributed by atoms with Crippen molar-refractivity contribution in [3.8, 4) is 10.6 Å². The molecule has 17 heavy (non-hydrogen) atoms. The first-order valence-corrected chi connectivity index (χ1v) is 7.36. The topological polar surface area (TPSA) is 54.7 Å². The summed E-state index contributed by atoms with van der Waals surface area (Å²) >= 11 is 5.17. The van der Waals surface area contributed by atoms with E-state index in [0.29, 0.717) is 12.5 Å². The Labute approximate surface area is 114 Å². The van der Waals surface area contributed by atoms with E-state index >= 15 is 0 Å². The fraction of sp³-hybridized carbons (Fsp3) is 0.417. The first-order valence-electron chi connectivity index (χ1n) is 5.75. The summed E-state index contributed by atoms with van der Waals surface area (Å²) in [5.74, 6) is 1.35. The number of rotatable bonds is 5. The lowest BCUT2D eigenvalue weighted by molar-refractivity contribution is 0.595. The lowest BCUT2D eigenvalue weighted by Gasteiger charge is -2.09. The van der Waals surface area contributed by atoms with Crippen LogP contribution in [-0.4, -0.2) is 16.5 Å². The molecule has 5 heteroatoms. The molecule has 3 nitrogen and oxygen atoms in total. The van der Waals surface area contributed by atoms with Crippen LogP contribution in [0, 0.1) is 0 Å². The molecule has 2 aromatic rings. The molecule has 2 heterocycles. The number of thiophene rings is 1. The molecule has 0 aromatic carbocycles. The van der Waals surface area contributed by atoms with Gasteiger partial charge in [0.05, 0.1) is 20.6 Å². The number of halogens is 1. The van der Waals surface area contributed by atoms with Gasteiger partial charge >= 0.3 is 0 Å². The molecular formula is C12H16BrN3S. The van der Waals surface area contributed by atoms with Crippen molar-refractivity contribution in [2.45, 2.75) is 25.7 Å². The van der Waals surface area contributed by atoms with Gasteiger partial charge in [-0.1, -0.05) is 13.3 Å². The molecule has 0 fully saturated rings. The number of aromatic nitrogens is 2. The van der Waals surface area contributed by atoms with E-state index in [9.17, 15) is 0 Å². The zero-order chi connectivity index (χ0) is 12.3. The van der Waals surface area contributed by atoms with Gasteiger partial charge < -0.3 is 10.7 Å². The van der Waals surface area contributed by atoms with Crippen molar-refractivity contribution < 1.29 is 0 Å². The van der Waals surface area contributed by atoms with Crippen molar-refractivity contribution in [2.75, 3.05) is 6.54 Å². The van der Waals surface area contributed by atoms with Crippen LogP contribution in [0.15, 0.2) is 22.1 Å². The highest BCUT2D eigenvalue weighted by molar-refractivity contribution is 9.11. The highest BCUT2D eigenvalue weighted by Crippen LogP contribution is 2.31. The smallest absolute Gasteiger partial charge is 0.110 e. The molecule has 0 aliphatic heterocycles. The Balaban J connectivity index is 2.20. The standard InChI is InChI=1S/C12H16BrN3S/c1-2-3-8(6-14)12-15-7-9(16-12)10-4-5-11(13)17-10/h4-5,7-8H,2-3,6,14H2,1H3,(H,15,16). The molecule has 2 rings (SSSR count). The Bertz CT molecular complexity index is 478. The Morgan fingerprint density at radius 1 is 1.53 bits per heavy atom. The molecule has 2 aromatic heterocycles. The summed E-state index contributed by atoms with van der Waals surface area (Å²) in [6.45, 7) is 2.82. The van der Waals surface area contributed by atoms with Crippen molar-refractivity contribution in [3.63, 3.8) is 0 Å². The number of hydrogen-bond acceptors (Lipinski definition) is 3. The zero-order valence-corrected chi connectivity index (χ0v) is 12.1. The van der Waals surface area contributed by atoms with E-state index in [1.165, 1.54) is 4.88 Å². The summed E-state index contributed by atoms with van der Waals surface area (Å²) in [4.78, 5) is 9.02. The number of nitrogens with two attached hydrogens (primary N) is 1. The monoisotopic (exact) mass is 313 g/mol. The number of H-pyrrole nitrogens is 1. The number of hydrogen-bond donors (Lipinski definition) is 2. The van der Waals surface area contributed by atoms with Crippen LogP contribution in [0.3, 0.4) is 0 Å². The van der Waals surface area contributed by atoms with E-state index in [4.69, 9.17) is 5.73 Å². The first kappa shape index (κ1) is 12.8. The van der Waals surface area contributed by atoms with Crippen molar-refractivity contribution in [3.05, 3.63) is 27.9 Å². The molecule has 3 N–H and O–H groups in total. The largest absolute Gasteiger partial charge is 0.341 e. The van der Waals surface area contributed by atoms with E-state index in [1.54, 1.807) is 11.3 Å². The molecule has 92 valence electrons. The molecule has 0 aliphatic rings. The highest BCUT2D eigenvalue weighted by Gasteiger charge is 2.13. The number of nitrogens with zero attached hydrogens (tertiary/aromatic N) is 1. The van der Waals surface area contributed by atoms with Gasteiger partial charge in [-0.3, -0.25) is 0 Å². The lowest BCUT2D eigenvalue weighted by Crippen LogP contribution is -2.13. The van der Waals surface area contributed by atoms with Crippen LogP contribution in [0.2, 0.25) is 0 Å². The van der Waals surface area contributed by atoms with Crippen LogP contribution in [-0.2, 0) is 0 Å². The van der Waals surface area contributed by atoms with Crippen molar-refractivity contribution in [1.29, 1.82) is 0 Å². The zero-order valence-electron chi connectivity index (χ0n) is 9.74. The van der Waals surface area contributed by atoms with Gasteiger partial charge in [-0.15, -0.1) is 11.3 Å². The minimum Gasteiger partial charge on any atom is -0.341 e. The fourth-order valence-corrected chi connectivity index (χ4v) is 3.19. The van der Waals surface area contributed by atoms with Gasteiger partial charge in [0.15, 0.2) is 0 Å². The average Bonchev–Trinajstić information content (AvgIpc) is 2.94. The molecule has 0 aliphatic carbocycles. The SMILES string of the molecule is CCCC(CN)c1ncc(-c2ccc(Br)s2)[nH]1. The maximum atomic E-state index is 5.78. The van der Waals surface area contributed by atoms with Crippen molar-refractivity contribution in [2.24, 2.45) is 5.73 Å². The Morgan fingerprint density at radius 3 is 2.94 bits per heavy atom. The molecule has 0 amide bonds. The number of aromatic amines is 1. The van der Waals surface area contributed by atoms with Gasteiger partial charge in [-0.2, -0.15) is 0 Å². The van der Waals surface area contributed by atoms with Crippen LogP contribution in [0.4, 0.5) is 0 Å². The summed E-state index contributed by atoms with van der Waals surface area (Å²) < 4.78 is 1.13. The summed E-state index contributed by atoms with van der Waals surface area (Å²) in [7, 11) is 0. The highest BCUT2D eigenvalue weighted by atomic mass is 79.9. The number of nitrogens with one attached hydrogen (secondary N) is 1. The predicted molar refractivity (Wildman–Crippen MR) is 76.3 cm³/mol. The van der Waals surface area contributed by atoms with Gasteiger partial charge in [0.2, 0.25) is 0 Å².